The van der Waals surface area contributed by atoms with Crippen LogP contribution in [0, 0.1) is 5.41 Å². The lowest BCUT2D eigenvalue weighted by Crippen LogP contribution is -2.41. The molecule has 1 amide bonds. The minimum Gasteiger partial charge on any atom is -0.379 e. The van der Waals surface area contributed by atoms with Crippen LogP contribution >= 0.6 is 11.3 Å². The van der Waals surface area contributed by atoms with Crippen LogP contribution in [0.15, 0.2) is 48.1 Å². The molecule has 0 unspecified atom stereocenters. The maximum Gasteiger partial charge on any atom is 0.223 e. The molecule has 2 aliphatic rings. The topological polar surface area (TPSA) is 58.6 Å². The number of rotatable bonds is 3. The normalized spacial score (nSPS) is 23.7. The molecule has 29 heavy (non-hydrogen) atoms. The standard InChI is InChI=1S/C22H24N4O2S/c1-16(17-5-3-2-4-6-17)26-13-22(11-19(26)27)12-25(8-9-28-14-22)21-20-18(7-10-29-20)23-15-24-21/h2-7,10,15-16H,8-9,11-14H2,1H3/t16-,22-/m0/s1. The van der Waals surface area contributed by atoms with E-state index in [2.05, 4.69) is 39.3 Å². The molecular formula is C22H24N4O2S. The Labute approximate surface area is 174 Å². The maximum atomic E-state index is 13.0. The Morgan fingerprint density at radius 3 is 2.90 bits per heavy atom. The van der Waals surface area contributed by atoms with Crippen molar-refractivity contribution in [1.82, 2.24) is 14.9 Å². The van der Waals surface area contributed by atoms with Crippen molar-refractivity contribution in [2.24, 2.45) is 5.41 Å². The number of thiophene rings is 1. The zero-order valence-electron chi connectivity index (χ0n) is 16.5. The van der Waals surface area contributed by atoms with E-state index in [1.165, 1.54) is 5.56 Å². The number of hydrogen-bond acceptors (Lipinski definition) is 6. The first-order valence-electron chi connectivity index (χ1n) is 10.0. The van der Waals surface area contributed by atoms with Gasteiger partial charge < -0.3 is 14.5 Å². The van der Waals surface area contributed by atoms with E-state index in [0.29, 0.717) is 26.2 Å². The second kappa shape index (κ2) is 7.39. The smallest absolute Gasteiger partial charge is 0.223 e. The fourth-order valence-corrected chi connectivity index (χ4v) is 5.43. The van der Waals surface area contributed by atoms with Crippen LogP contribution in [0.1, 0.15) is 24.9 Å². The first kappa shape index (κ1) is 18.5. The van der Waals surface area contributed by atoms with Crippen molar-refractivity contribution in [2.75, 3.05) is 37.7 Å². The molecule has 150 valence electrons. The summed E-state index contributed by atoms with van der Waals surface area (Å²) in [6.07, 6.45) is 2.14. The molecule has 3 aromatic rings. The molecule has 0 bridgehead atoms. The Kier molecular flexibility index (Phi) is 4.72. The van der Waals surface area contributed by atoms with Gasteiger partial charge in [0, 0.05) is 31.5 Å². The largest absolute Gasteiger partial charge is 0.379 e. The van der Waals surface area contributed by atoms with Crippen molar-refractivity contribution in [2.45, 2.75) is 19.4 Å². The van der Waals surface area contributed by atoms with Gasteiger partial charge in [-0.2, -0.15) is 0 Å². The number of nitrogens with zero attached hydrogens (tertiary/aromatic N) is 4. The first-order valence-corrected chi connectivity index (χ1v) is 10.9. The number of hydrogen-bond donors (Lipinski definition) is 0. The maximum absolute atomic E-state index is 13.0. The van der Waals surface area contributed by atoms with Crippen LogP contribution in [0.3, 0.4) is 0 Å². The number of amides is 1. The lowest BCUT2D eigenvalue weighted by molar-refractivity contribution is -0.129. The SMILES string of the molecule is C[C@@H](c1ccccc1)N1C[C@]2(COCCN(c3ncnc4ccsc34)C2)CC1=O. The first-order chi connectivity index (χ1) is 14.2. The zero-order valence-corrected chi connectivity index (χ0v) is 17.3. The summed E-state index contributed by atoms with van der Waals surface area (Å²) in [4.78, 5) is 26.3. The molecule has 1 aromatic carbocycles. The molecule has 0 aliphatic carbocycles. The van der Waals surface area contributed by atoms with Crippen molar-refractivity contribution in [3.05, 3.63) is 53.7 Å². The molecule has 2 fully saturated rings. The lowest BCUT2D eigenvalue weighted by atomic mass is 9.87. The van der Waals surface area contributed by atoms with Crippen molar-refractivity contribution < 1.29 is 9.53 Å². The van der Waals surface area contributed by atoms with Gasteiger partial charge in [0.25, 0.3) is 0 Å². The van der Waals surface area contributed by atoms with E-state index in [1.54, 1.807) is 17.7 Å². The monoisotopic (exact) mass is 408 g/mol. The molecule has 2 saturated heterocycles. The van der Waals surface area contributed by atoms with Gasteiger partial charge >= 0.3 is 0 Å². The third kappa shape index (κ3) is 3.38. The summed E-state index contributed by atoms with van der Waals surface area (Å²) >= 11 is 1.66. The molecular weight excluding hydrogens is 384 g/mol. The number of ether oxygens (including phenoxy) is 1. The number of aromatic nitrogens is 2. The Balaban J connectivity index is 1.43. The van der Waals surface area contributed by atoms with Gasteiger partial charge in [-0.25, -0.2) is 9.97 Å². The molecule has 0 saturated carbocycles. The Morgan fingerprint density at radius 2 is 2.03 bits per heavy atom. The second-order valence-electron chi connectivity index (χ2n) is 8.09. The number of carbonyl (C=O) groups excluding carboxylic acids is 1. The highest BCUT2D eigenvalue weighted by Gasteiger charge is 2.47. The van der Waals surface area contributed by atoms with Crippen molar-refractivity contribution in [3.63, 3.8) is 0 Å². The van der Waals surface area contributed by atoms with E-state index in [-0.39, 0.29) is 17.4 Å². The fourth-order valence-electron chi connectivity index (χ4n) is 4.57. The van der Waals surface area contributed by atoms with Crippen molar-refractivity contribution in [3.8, 4) is 0 Å². The van der Waals surface area contributed by atoms with Gasteiger partial charge in [-0.1, -0.05) is 30.3 Å². The predicted octanol–water partition coefficient (Wildman–Crippen LogP) is 3.51. The van der Waals surface area contributed by atoms with Crippen LogP contribution < -0.4 is 4.90 Å². The van der Waals surface area contributed by atoms with Gasteiger partial charge in [-0.3, -0.25) is 4.79 Å². The summed E-state index contributed by atoms with van der Waals surface area (Å²) in [7, 11) is 0. The third-order valence-corrected chi connectivity index (χ3v) is 6.97. The predicted molar refractivity (Wildman–Crippen MR) is 114 cm³/mol. The summed E-state index contributed by atoms with van der Waals surface area (Å²) in [5.41, 5.74) is 1.92. The van der Waals surface area contributed by atoms with Crippen molar-refractivity contribution in [1.29, 1.82) is 0 Å². The molecule has 7 heteroatoms. The Hall–Kier alpha value is -2.51. The molecule has 4 heterocycles. The molecule has 5 rings (SSSR count). The summed E-state index contributed by atoms with van der Waals surface area (Å²) in [6, 6.07) is 12.3. The van der Waals surface area contributed by atoms with Gasteiger partial charge in [0.2, 0.25) is 5.91 Å². The van der Waals surface area contributed by atoms with E-state index >= 15 is 0 Å². The van der Waals surface area contributed by atoms with Crippen molar-refractivity contribution >= 4 is 33.3 Å². The molecule has 2 aliphatic heterocycles. The second-order valence-corrected chi connectivity index (χ2v) is 9.01. The highest BCUT2D eigenvalue weighted by atomic mass is 32.1. The van der Waals surface area contributed by atoms with Gasteiger partial charge in [0.05, 0.1) is 29.5 Å². The minimum absolute atomic E-state index is 0.0582. The summed E-state index contributed by atoms with van der Waals surface area (Å²) in [5.74, 6) is 1.16. The van der Waals surface area contributed by atoms with Gasteiger partial charge in [0.1, 0.15) is 12.1 Å². The van der Waals surface area contributed by atoms with Gasteiger partial charge in [-0.15, -0.1) is 11.3 Å². The van der Waals surface area contributed by atoms with Gasteiger partial charge in [0.15, 0.2) is 0 Å². The van der Waals surface area contributed by atoms with Gasteiger partial charge in [-0.05, 0) is 23.9 Å². The lowest BCUT2D eigenvalue weighted by Gasteiger charge is -2.33. The van der Waals surface area contributed by atoms with Crippen LogP contribution in [0.4, 0.5) is 5.82 Å². The number of carbonyl (C=O) groups is 1. The fraction of sp³-hybridized carbons (Fsp3) is 0.409. The van der Waals surface area contributed by atoms with Crippen LogP contribution in [-0.4, -0.2) is 53.6 Å². The quantitative estimate of drug-likeness (QED) is 0.664. The molecule has 1 spiro atoms. The van der Waals surface area contributed by atoms with Crippen LogP contribution in [0.25, 0.3) is 10.2 Å². The van der Waals surface area contributed by atoms with E-state index in [1.807, 2.05) is 29.2 Å². The number of anilines is 1. The summed E-state index contributed by atoms with van der Waals surface area (Å²) in [5, 5.41) is 2.05. The Bertz CT molecular complexity index is 1020. The number of fused-ring (bicyclic) bond motifs is 1. The highest BCUT2D eigenvalue weighted by molar-refractivity contribution is 7.17. The molecule has 0 radical (unpaired) electrons. The molecule has 2 atom stereocenters. The average molecular weight is 409 g/mol. The molecule has 0 N–H and O–H groups in total. The zero-order chi connectivity index (χ0) is 19.8. The third-order valence-electron chi connectivity index (χ3n) is 6.07. The minimum atomic E-state index is -0.217. The van der Waals surface area contributed by atoms with Crippen LogP contribution in [0.2, 0.25) is 0 Å². The van der Waals surface area contributed by atoms with E-state index < -0.39 is 0 Å². The summed E-state index contributed by atoms with van der Waals surface area (Å²) in [6.45, 7) is 5.60. The van der Waals surface area contributed by atoms with Crippen LogP contribution in [-0.2, 0) is 9.53 Å². The van der Waals surface area contributed by atoms with E-state index in [4.69, 9.17) is 4.74 Å². The average Bonchev–Trinajstić information content (AvgIpc) is 3.28. The number of benzene rings is 1. The molecule has 2 aromatic heterocycles. The van der Waals surface area contributed by atoms with E-state index in [0.717, 1.165) is 29.1 Å². The van der Waals surface area contributed by atoms with Crippen LogP contribution in [0.5, 0.6) is 0 Å². The van der Waals surface area contributed by atoms with E-state index in [9.17, 15) is 4.79 Å². The number of likely N-dealkylation sites (tertiary alicyclic amines) is 1. The highest BCUT2D eigenvalue weighted by Crippen LogP contribution is 2.40. The summed E-state index contributed by atoms with van der Waals surface area (Å²) < 4.78 is 7.10. The molecule has 6 nitrogen and oxygen atoms in total. The Morgan fingerprint density at radius 1 is 1.17 bits per heavy atom.